The third kappa shape index (κ3) is 2.56. The Morgan fingerprint density at radius 1 is 1.40 bits per heavy atom. The minimum absolute atomic E-state index is 0.263. The van der Waals surface area contributed by atoms with Crippen molar-refractivity contribution in [3.05, 3.63) is 35.9 Å². The molecule has 0 saturated carbocycles. The Bertz CT molecular complexity index is 344. The summed E-state index contributed by atoms with van der Waals surface area (Å²) in [4.78, 5) is 0. The van der Waals surface area contributed by atoms with Crippen LogP contribution in [0.3, 0.4) is 0 Å². The first kappa shape index (κ1) is 11.7. The van der Waals surface area contributed by atoms with Crippen molar-refractivity contribution in [3.8, 4) is 6.07 Å². The summed E-state index contributed by atoms with van der Waals surface area (Å²) in [7, 11) is 0. The quantitative estimate of drug-likeness (QED) is 0.736. The molecular weight excluding hydrogens is 190 g/mol. The van der Waals surface area contributed by atoms with Crippen LogP contribution < -0.4 is 0 Å². The van der Waals surface area contributed by atoms with Crippen molar-refractivity contribution in [2.45, 2.75) is 31.5 Å². The van der Waals surface area contributed by atoms with Crippen molar-refractivity contribution in [2.75, 3.05) is 0 Å². The highest BCUT2D eigenvalue weighted by Gasteiger charge is 2.35. The molecule has 0 saturated heterocycles. The summed E-state index contributed by atoms with van der Waals surface area (Å²) in [5, 5.41) is 28.7. The van der Waals surface area contributed by atoms with E-state index in [4.69, 9.17) is 5.26 Å². The molecule has 80 valence electrons. The zero-order valence-electron chi connectivity index (χ0n) is 8.72. The molecule has 1 aromatic rings. The highest BCUT2D eigenvalue weighted by molar-refractivity contribution is 5.23. The number of nitriles is 1. The lowest BCUT2D eigenvalue weighted by molar-refractivity contribution is -0.0412. The van der Waals surface area contributed by atoms with Crippen LogP contribution in [-0.4, -0.2) is 15.8 Å². The second kappa shape index (κ2) is 4.92. The number of aliphatic hydroxyl groups excluding tert-OH is 1. The van der Waals surface area contributed by atoms with E-state index in [1.807, 2.05) is 13.0 Å². The first-order valence-corrected chi connectivity index (χ1v) is 5.00. The Morgan fingerprint density at radius 3 is 2.47 bits per heavy atom. The van der Waals surface area contributed by atoms with E-state index in [-0.39, 0.29) is 6.42 Å². The van der Waals surface area contributed by atoms with Gasteiger partial charge in [-0.1, -0.05) is 43.7 Å². The standard InChI is InChI=1S/C12H15NO2/c1-2-8-12(15,9-13)11(14)10-6-4-3-5-7-10/h3-7,11,14-15H,2,8H2,1H3. The maximum absolute atomic E-state index is 9.93. The van der Waals surface area contributed by atoms with Gasteiger partial charge in [0.2, 0.25) is 0 Å². The van der Waals surface area contributed by atoms with Crippen molar-refractivity contribution < 1.29 is 10.2 Å². The molecule has 0 aliphatic rings. The van der Waals surface area contributed by atoms with E-state index in [0.717, 1.165) is 0 Å². The smallest absolute Gasteiger partial charge is 0.181 e. The van der Waals surface area contributed by atoms with Crippen molar-refractivity contribution in [1.82, 2.24) is 0 Å². The fourth-order valence-electron chi connectivity index (χ4n) is 1.55. The van der Waals surface area contributed by atoms with Gasteiger partial charge in [0, 0.05) is 0 Å². The summed E-state index contributed by atoms with van der Waals surface area (Å²) in [6, 6.07) is 10.5. The molecule has 0 aromatic heterocycles. The van der Waals surface area contributed by atoms with E-state index in [1.165, 1.54) is 0 Å². The molecule has 2 atom stereocenters. The monoisotopic (exact) mass is 205 g/mol. The summed E-state index contributed by atoms with van der Waals surface area (Å²) in [6.07, 6.45) is -0.239. The van der Waals surface area contributed by atoms with Gasteiger partial charge >= 0.3 is 0 Å². The molecule has 0 aliphatic carbocycles. The fraction of sp³-hybridized carbons (Fsp3) is 0.417. The van der Waals surface area contributed by atoms with Gasteiger partial charge in [0.15, 0.2) is 5.60 Å². The van der Waals surface area contributed by atoms with Crippen LogP contribution in [0.5, 0.6) is 0 Å². The van der Waals surface area contributed by atoms with Gasteiger partial charge in [0.05, 0.1) is 0 Å². The molecule has 1 aromatic carbocycles. The summed E-state index contributed by atoms with van der Waals surface area (Å²) in [5.41, 5.74) is -1.12. The van der Waals surface area contributed by atoms with Crippen molar-refractivity contribution in [1.29, 1.82) is 5.26 Å². The van der Waals surface area contributed by atoms with E-state index in [1.54, 1.807) is 30.3 Å². The van der Waals surface area contributed by atoms with E-state index in [0.29, 0.717) is 12.0 Å². The minimum Gasteiger partial charge on any atom is -0.384 e. The van der Waals surface area contributed by atoms with Gasteiger partial charge in [0.25, 0.3) is 0 Å². The van der Waals surface area contributed by atoms with Crippen LogP contribution in [0, 0.1) is 11.3 Å². The molecule has 0 spiro atoms. The highest BCUT2D eigenvalue weighted by Crippen LogP contribution is 2.29. The lowest BCUT2D eigenvalue weighted by atomic mass is 9.88. The van der Waals surface area contributed by atoms with Crippen LogP contribution >= 0.6 is 0 Å². The molecule has 0 amide bonds. The van der Waals surface area contributed by atoms with Crippen LogP contribution in [0.1, 0.15) is 31.4 Å². The topological polar surface area (TPSA) is 64.2 Å². The number of hydrogen-bond donors (Lipinski definition) is 2. The predicted octanol–water partition coefficient (Wildman–Crippen LogP) is 1.77. The molecule has 3 nitrogen and oxygen atoms in total. The van der Waals surface area contributed by atoms with Gasteiger partial charge in [-0.2, -0.15) is 5.26 Å². The zero-order chi connectivity index (χ0) is 11.3. The molecule has 3 heteroatoms. The van der Waals surface area contributed by atoms with E-state index < -0.39 is 11.7 Å². The normalized spacial score (nSPS) is 16.4. The zero-order valence-corrected chi connectivity index (χ0v) is 8.72. The van der Waals surface area contributed by atoms with Crippen LogP contribution in [-0.2, 0) is 0 Å². The Hall–Kier alpha value is -1.37. The second-order valence-electron chi connectivity index (χ2n) is 3.60. The Kier molecular flexibility index (Phi) is 3.84. The number of hydrogen-bond acceptors (Lipinski definition) is 3. The first-order chi connectivity index (χ1) is 7.14. The lowest BCUT2D eigenvalue weighted by Crippen LogP contribution is -2.34. The van der Waals surface area contributed by atoms with Gasteiger partial charge in [0.1, 0.15) is 12.2 Å². The average Bonchev–Trinajstić information content (AvgIpc) is 2.29. The van der Waals surface area contributed by atoms with Crippen molar-refractivity contribution in [2.24, 2.45) is 0 Å². The number of aliphatic hydroxyl groups is 2. The maximum atomic E-state index is 9.93. The minimum atomic E-state index is -1.68. The lowest BCUT2D eigenvalue weighted by Gasteiger charge is -2.25. The van der Waals surface area contributed by atoms with Gasteiger partial charge in [-0.3, -0.25) is 0 Å². The highest BCUT2D eigenvalue weighted by atomic mass is 16.3. The molecule has 2 N–H and O–H groups in total. The van der Waals surface area contributed by atoms with Crippen molar-refractivity contribution in [3.63, 3.8) is 0 Å². The molecule has 15 heavy (non-hydrogen) atoms. The van der Waals surface area contributed by atoms with E-state index >= 15 is 0 Å². The van der Waals surface area contributed by atoms with E-state index in [2.05, 4.69) is 0 Å². The maximum Gasteiger partial charge on any atom is 0.181 e. The molecule has 0 fully saturated rings. The SMILES string of the molecule is CCCC(O)(C#N)C(O)c1ccccc1. The molecule has 0 bridgehead atoms. The summed E-state index contributed by atoms with van der Waals surface area (Å²) in [5.74, 6) is 0. The number of nitrogens with zero attached hydrogens (tertiary/aromatic N) is 1. The third-order valence-corrected chi connectivity index (χ3v) is 2.39. The molecule has 2 unspecified atom stereocenters. The Balaban J connectivity index is 2.93. The number of rotatable bonds is 4. The van der Waals surface area contributed by atoms with Crippen LogP contribution in [0.4, 0.5) is 0 Å². The van der Waals surface area contributed by atoms with Crippen LogP contribution in [0.15, 0.2) is 30.3 Å². The van der Waals surface area contributed by atoms with Crippen molar-refractivity contribution >= 4 is 0 Å². The predicted molar refractivity (Wildman–Crippen MR) is 56.9 cm³/mol. The summed E-state index contributed by atoms with van der Waals surface area (Å²) >= 11 is 0. The Labute approximate surface area is 89.6 Å². The largest absolute Gasteiger partial charge is 0.384 e. The first-order valence-electron chi connectivity index (χ1n) is 5.00. The van der Waals surface area contributed by atoms with E-state index in [9.17, 15) is 10.2 Å². The van der Waals surface area contributed by atoms with Gasteiger partial charge in [-0.15, -0.1) is 0 Å². The molecule has 0 radical (unpaired) electrons. The molecular formula is C12H15NO2. The van der Waals surface area contributed by atoms with Gasteiger partial charge in [-0.05, 0) is 12.0 Å². The molecule has 0 aliphatic heterocycles. The van der Waals surface area contributed by atoms with Crippen LogP contribution in [0.2, 0.25) is 0 Å². The summed E-state index contributed by atoms with van der Waals surface area (Å²) in [6.45, 7) is 1.86. The van der Waals surface area contributed by atoms with Crippen LogP contribution in [0.25, 0.3) is 0 Å². The van der Waals surface area contributed by atoms with Gasteiger partial charge < -0.3 is 10.2 Å². The average molecular weight is 205 g/mol. The van der Waals surface area contributed by atoms with Gasteiger partial charge in [-0.25, -0.2) is 0 Å². The Morgan fingerprint density at radius 2 is 2.00 bits per heavy atom. The molecule has 0 heterocycles. The third-order valence-electron chi connectivity index (χ3n) is 2.39. The summed E-state index contributed by atoms with van der Waals surface area (Å²) < 4.78 is 0. The number of benzene rings is 1. The second-order valence-corrected chi connectivity index (χ2v) is 3.60. The molecule has 1 rings (SSSR count). The fourth-order valence-corrected chi connectivity index (χ4v) is 1.55.